The lowest BCUT2D eigenvalue weighted by Gasteiger charge is -2.26. The predicted molar refractivity (Wildman–Crippen MR) is 69.7 cm³/mol. The fourth-order valence-corrected chi connectivity index (χ4v) is 5.31. The third kappa shape index (κ3) is 2.51. The number of hydrogen-bond donors (Lipinski definition) is 1. The molecule has 0 aromatic heterocycles. The molecule has 0 saturated heterocycles. The molecule has 3 atom stereocenters. The van der Waals surface area contributed by atoms with Gasteiger partial charge < -0.3 is 5.73 Å². The van der Waals surface area contributed by atoms with E-state index < -0.39 is 10.8 Å². The van der Waals surface area contributed by atoms with Crippen molar-refractivity contribution in [1.29, 1.82) is 0 Å². The fourth-order valence-electron chi connectivity index (χ4n) is 3.19. The van der Waals surface area contributed by atoms with E-state index in [2.05, 4.69) is 13.8 Å². The van der Waals surface area contributed by atoms with E-state index in [-0.39, 0.29) is 16.7 Å². The van der Waals surface area contributed by atoms with Gasteiger partial charge in [0.25, 0.3) is 0 Å². The van der Waals surface area contributed by atoms with Crippen molar-refractivity contribution in [3.63, 3.8) is 0 Å². The van der Waals surface area contributed by atoms with Crippen LogP contribution in [-0.4, -0.2) is 21.3 Å². The summed E-state index contributed by atoms with van der Waals surface area (Å²) in [6.45, 7) is 4.43. The normalized spacial score (nSPS) is 36.7. The predicted octanol–water partition coefficient (Wildman–Crippen LogP) is 2.44. The van der Waals surface area contributed by atoms with Crippen molar-refractivity contribution < 1.29 is 4.21 Å². The van der Waals surface area contributed by atoms with Gasteiger partial charge in [0.15, 0.2) is 0 Å². The Morgan fingerprint density at radius 3 is 2.38 bits per heavy atom. The molecule has 3 heteroatoms. The minimum Gasteiger partial charge on any atom is -0.326 e. The summed E-state index contributed by atoms with van der Waals surface area (Å²) in [5, 5.41) is 0.260. The Bertz CT molecular complexity index is 271. The summed E-state index contributed by atoms with van der Waals surface area (Å²) in [6.07, 6.45) is 7.45. The minimum atomic E-state index is -0.687. The molecule has 2 fully saturated rings. The van der Waals surface area contributed by atoms with E-state index in [1.54, 1.807) is 0 Å². The van der Waals surface area contributed by atoms with Gasteiger partial charge in [-0.25, -0.2) is 0 Å². The van der Waals surface area contributed by atoms with Crippen LogP contribution in [0.1, 0.15) is 52.4 Å². The molecule has 2 N–H and O–H groups in total. The Balaban J connectivity index is 1.90. The van der Waals surface area contributed by atoms with Crippen molar-refractivity contribution in [2.24, 2.45) is 17.1 Å². The first-order chi connectivity index (χ1) is 7.50. The SMILES string of the molecule is CC1(C)CCC(S(=O)CC2CCCC2)C1N. The second-order valence-electron chi connectivity index (χ2n) is 6.29. The summed E-state index contributed by atoms with van der Waals surface area (Å²) < 4.78 is 12.3. The molecular weight excluding hydrogens is 218 g/mol. The molecule has 0 aromatic rings. The molecule has 0 aliphatic heterocycles. The van der Waals surface area contributed by atoms with Crippen molar-refractivity contribution in [3.05, 3.63) is 0 Å². The van der Waals surface area contributed by atoms with Gasteiger partial charge in [-0.1, -0.05) is 26.7 Å². The number of hydrogen-bond acceptors (Lipinski definition) is 2. The van der Waals surface area contributed by atoms with Crippen LogP contribution in [0, 0.1) is 11.3 Å². The van der Waals surface area contributed by atoms with E-state index in [1.807, 2.05) is 0 Å². The van der Waals surface area contributed by atoms with E-state index in [0.717, 1.165) is 24.5 Å². The first kappa shape index (κ1) is 12.6. The molecule has 0 aromatic carbocycles. The van der Waals surface area contributed by atoms with Gasteiger partial charge in [0.2, 0.25) is 0 Å². The van der Waals surface area contributed by atoms with Gasteiger partial charge in [0.05, 0.1) is 5.25 Å². The summed E-state index contributed by atoms with van der Waals surface area (Å²) >= 11 is 0. The molecule has 2 rings (SSSR count). The molecule has 0 bridgehead atoms. The van der Waals surface area contributed by atoms with E-state index >= 15 is 0 Å². The maximum atomic E-state index is 12.3. The Morgan fingerprint density at radius 2 is 1.88 bits per heavy atom. The molecule has 0 heterocycles. The molecule has 3 unspecified atom stereocenters. The van der Waals surface area contributed by atoms with Gasteiger partial charge in [-0.05, 0) is 37.0 Å². The first-order valence-electron chi connectivity index (χ1n) is 6.63. The zero-order valence-electron chi connectivity index (χ0n) is 10.6. The van der Waals surface area contributed by atoms with Crippen molar-refractivity contribution >= 4 is 10.8 Å². The highest BCUT2D eigenvalue weighted by molar-refractivity contribution is 7.85. The zero-order chi connectivity index (χ0) is 11.8. The second-order valence-corrected chi connectivity index (χ2v) is 7.99. The molecule has 94 valence electrons. The van der Waals surface area contributed by atoms with Crippen LogP contribution < -0.4 is 5.73 Å². The fraction of sp³-hybridized carbons (Fsp3) is 1.00. The molecule has 2 saturated carbocycles. The monoisotopic (exact) mass is 243 g/mol. The number of rotatable bonds is 3. The molecular formula is C13H25NOS. The van der Waals surface area contributed by atoms with Crippen LogP contribution in [0.2, 0.25) is 0 Å². The van der Waals surface area contributed by atoms with Crippen LogP contribution in [0.25, 0.3) is 0 Å². The first-order valence-corrected chi connectivity index (χ1v) is 8.02. The lowest BCUT2D eigenvalue weighted by atomic mass is 9.88. The largest absolute Gasteiger partial charge is 0.326 e. The summed E-state index contributed by atoms with van der Waals surface area (Å²) in [5.74, 6) is 1.63. The van der Waals surface area contributed by atoms with Crippen molar-refractivity contribution in [2.75, 3.05) is 5.75 Å². The smallest absolute Gasteiger partial charge is 0.0504 e. The van der Waals surface area contributed by atoms with Crippen LogP contribution in [0.5, 0.6) is 0 Å². The quantitative estimate of drug-likeness (QED) is 0.827. The molecule has 2 aliphatic rings. The molecule has 2 aliphatic carbocycles. The van der Waals surface area contributed by atoms with Gasteiger partial charge in [0, 0.05) is 22.6 Å². The average Bonchev–Trinajstić information content (AvgIpc) is 2.77. The molecule has 0 radical (unpaired) electrons. The van der Waals surface area contributed by atoms with Crippen LogP contribution in [0.3, 0.4) is 0 Å². The third-order valence-electron chi connectivity index (χ3n) is 4.59. The topological polar surface area (TPSA) is 43.1 Å². The third-order valence-corrected chi connectivity index (χ3v) is 6.59. The Labute approximate surface area is 102 Å². The van der Waals surface area contributed by atoms with Crippen LogP contribution in [-0.2, 0) is 10.8 Å². The van der Waals surface area contributed by atoms with E-state index in [0.29, 0.717) is 0 Å². The van der Waals surface area contributed by atoms with E-state index in [9.17, 15) is 4.21 Å². The highest BCUT2D eigenvalue weighted by Gasteiger charge is 2.42. The second kappa shape index (κ2) is 4.77. The standard InChI is InChI=1S/C13H25NOS/c1-13(2)8-7-11(12(13)14)16(15)9-10-5-3-4-6-10/h10-12H,3-9,14H2,1-2H3. The maximum absolute atomic E-state index is 12.3. The Kier molecular flexibility index (Phi) is 3.75. The minimum absolute atomic E-state index is 0.134. The maximum Gasteiger partial charge on any atom is 0.0504 e. The summed E-state index contributed by atoms with van der Waals surface area (Å²) in [5.41, 5.74) is 6.43. The van der Waals surface area contributed by atoms with E-state index in [1.165, 1.54) is 25.7 Å². The van der Waals surface area contributed by atoms with Crippen LogP contribution in [0.4, 0.5) is 0 Å². The number of nitrogens with two attached hydrogens (primary N) is 1. The molecule has 16 heavy (non-hydrogen) atoms. The Hall–Kier alpha value is 0.110. The summed E-state index contributed by atoms with van der Waals surface area (Å²) in [4.78, 5) is 0. The van der Waals surface area contributed by atoms with Gasteiger partial charge in [-0.15, -0.1) is 0 Å². The van der Waals surface area contributed by atoms with E-state index in [4.69, 9.17) is 5.73 Å². The van der Waals surface area contributed by atoms with Crippen LogP contribution >= 0.6 is 0 Å². The highest BCUT2D eigenvalue weighted by Crippen LogP contribution is 2.39. The van der Waals surface area contributed by atoms with Crippen molar-refractivity contribution in [2.45, 2.75) is 63.7 Å². The van der Waals surface area contributed by atoms with Gasteiger partial charge in [-0.2, -0.15) is 0 Å². The lowest BCUT2D eigenvalue weighted by Crippen LogP contribution is -2.42. The zero-order valence-corrected chi connectivity index (χ0v) is 11.4. The Morgan fingerprint density at radius 1 is 1.25 bits per heavy atom. The summed E-state index contributed by atoms with van der Waals surface area (Å²) in [6, 6.07) is 0.134. The highest BCUT2D eigenvalue weighted by atomic mass is 32.2. The summed E-state index contributed by atoms with van der Waals surface area (Å²) in [7, 11) is -0.687. The van der Waals surface area contributed by atoms with Crippen molar-refractivity contribution in [3.8, 4) is 0 Å². The van der Waals surface area contributed by atoms with Crippen LogP contribution in [0.15, 0.2) is 0 Å². The molecule has 0 amide bonds. The van der Waals surface area contributed by atoms with Gasteiger partial charge >= 0.3 is 0 Å². The lowest BCUT2D eigenvalue weighted by molar-refractivity contribution is 0.333. The van der Waals surface area contributed by atoms with Crippen molar-refractivity contribution in [1.82, 2.24) is 0 Å². The molecule has 2 nitrogen and oxygen atoms in total. The van der Waals surface area contributed by atoms with Gasteiger partial charge in [-0.3, -0.25) is 4.21 Å². The molecule has 0 spiro atoms. The van der Waals surface area contributed by atoms with Gasteiger partial charge in [0.1, 0.15) is 0 Å². The average molecular weight is 243 g/mol.